The number of carbonyl (C=O) groups excluding carboxylic acids is 1. The van der Waals surface area contributed by atoms with Crippen molar-refractivity contribution in [3.05, 3.63) is 0 Å². The highest BCUT2D eigenvalue weighted by atomic mass is 16.1. The van der Waals surface area contributed by atoms with Crippen molar-refractivity contribution in [2.24, 2.45) is 5.73 Å². The minimum absolute atomic E-state index is 0.124. The standard InChI is InChI=1S/C17H31N3O/c1-2-5-14-6-3-4-11-20(14)15-9-10-17(12-15,16(18)21)19-13-7-8-13/h13-15,19H,2-12H2,1H3,(H2,18,21). The Hall–Kier alpha value is -0.610. The van der Waals surface area contributed by atoms with Gasteiger partial charge in [-0.2, -0.15) is 0 Å². The van der Waals surface area contributed by atoms with Gasteiger partial charge in [-0.15, -0.1) is 0 Å². The summed E-state index contributed by atoms with van der Waals surface area (Å²) in [6.07, 6.45) is 12.0. The largest absolute Gasteiger partial charge is 0.368 e. The van der Waals surface area contributed by atoms with Crippen molar-refractivity contribution in [3.63, 3.8) is 0 Å². The van der Waals surface area contributed by atoms with E-state index in [0.717, 1.165) is 25.3 Å². The van der Waals surface area contributed by atoms with E-state index in [4.69, 9.17) is 5.73 Å². The molecular formula is C17H31N3O. The van der Waals surface area contributed by atoms with E-state index in [1.807, 2.05) is 0 Å². The number of nitrogens with zero attached hydrogens (tertiary/aromatic N) is 1. The molecule has 3 unspecified atom stereocenters. The summed E-state index contributed by atoms with van der Waals surface area (Å²) in [4.78, 5) is 14.8. The first-order valence-electron chi connectivity index (χ1n) is 8.98. The summed E-state index contributed by atoms with van der Waals surface area (Å²) >= 11 is 0. The second-order valence-electron chi connectivity index (χ2n) is 7.44. The maximum absolute atomic E-state index is 12.1. The van der Waals surface area contributed by atoms with Crippen LogP contribution in [0.25, 0.3) is 0 Å². The zero-order chi connectivity index (χ0) is 14.9. The quantitative estimate of drug-likeness (QED) is 0.789. The van der Waals surface area contributed by atoms with E-state index in [1.54, 1.807) is 0 Å². The molecule has 1 heterocycles. The number of amides is 1. The highest BCUT2D eigenvalue weighted by Gasteiger charge is 2.48. The molecule has 0 spiro atoms. The van der Waals surface area contributed by atoms with Crippen molar-refractivity contribution in [1.82, 2.24) is 10.2 Å². The molecule has 120 valence electrons. The maximum atomic E-state index is 12.1. The van der Waals surface area contributed by atoms with Gasteiger partial charge in [0.25, 0.3) is 0 Å². The lowest BCUT2D eigenvalue weighted by Gasteiger charge is -2.40. The molecule has 3 fully saturated rings. The van der Waals surface area contributed by atoms with Crippen LogP contribution in [0.15, 0.2) is 0 Å². The second kappa shape index (κ2) is 6.25. The summed E-state index contributed by atoms with van der Waals surface area (Å²) in [5.74, 6) is -0.124. The highest BCUT2D eigenvalue weighted by Crippen LogP contribution is 2.38. The van der Waals surface area contributed by atoms with Crippen LogP contribution in [0.2, 0.25) is 0 Å². The van der Waals surface area contributed by atoms with E-state index in [-0.39, 0.29) is 5.91 Å². The number of primary amides is 1. The molecular weight excluding hydrogens is 262 g/mol. The first kappa shape index (κ1) is 15.3. The summed E-state index contributed by atoms with van der Waals surface area (Å²) in [7, 11) is 0. The van der Waals surface area contributed by atoms with E-state index in [9.17, 15) is 4.79 Å². The highest BCUT2D eigenvalue weighted by molar-refractivity contribution is 5.85. The zero-order valence-electron chi connectivity index (χ0n) is 13.4. The molecule has 21 heavy (non-hydrogen) atoms. The number of nitrogens with two attached hydrogens (primary N) is 1. The van der Waals surface area contributed by atoms with Crippen LogP contribution in [0.3, 0.4) is 0 Å². The van der Waals surface area contributed by atoms with Crippen molar-refractivity contribution in [1.29, 1.82) is 0 Å². The Balaban J connectivity index is 1.67. The van der Waals surface area contributed by atoms with Crippen LogP contribution in [-0.2, 0) is 4.79 Å². The van der Waals surface area contributed by atoms with Gasteiger partial charge in [0.15, 0.2) is 0 Å². The van der Waals surface area contributed by atoms with Gasteiger partial charge in [0.05, 0.1) is 5.54 Å². The fraction of sp³-hybridized carbons (Fsp3) is 0.941. The molecule has 2 aliphatic carbocycles. The predicted octanol–water partition coefficient (Wildman–Crippen LogP) is 2.17. The summed E-state index contributed by atoms with van der Waals surface area (Å²) in [6, 6.07) is 1.84. The predicted molar refractivity (Wildman–Crippen MR) is 85.0 cm³/mol. The number of piperidine rings is 1. The molecule has 1 amide bonds. The van der Waals surface area contributed by atoms with Gasteiger partial charge in [-0.05, 0) is 57.9 Å². The maximum Gasteiger partial charge on any atom is 0.237 e. The second-order valence-corrected chi connectivity index (χ2v) is 7.44. The molecule has 3 rings (SSSR count). The van der Waals surface area contributed by atoms with E-state index < -0.39 is 5.54 Å². The molecule has 2 saturated carbocycles. The summed E-state index contributed by atoms with van der Waals surface area (Å²) in [5.41, 5.74) is 5.36. The zero-order valence-corrected chi connectivity index (χ0v) is 13.4. The third-order valence-corrected chi connectivity index (χ3v) is 5.78. The first-order valence-corrected chi connectivity index (χ1v) is 8.98. The third-order valence-electron chi connectivity index (χ3n) is 5.78. The van der Waals surface area contributed by atoms with Gasteiger partial charge in [-0.1, -0.05) is 19.8 Å². The number of carbonyl (C=O) groups is 1. The van der Waals surface area contributed by atoms with Crippen molar-refractivity contribution in [3.8, 4) is 0 Å². The number of rotatable bonds is 6. The Morgan fingerprint density at radius 2 is 2.10 bits per heavy atom. The fourth-order valence-electron chi connectivity index (χ4n) is 4.49. The average Bonchev–Trinajstić information content (AvgIpc) is 3.17. The Kier molecular flexibility index (Phi) is 4.55. The Bertz CT molecular complexity index is 380. The number of hydrogen-bond acceptors (Lipinski definition) is 3. The van der Waals surface area contributed by atoms with E-state index in [0.29, 0.717) is 12.1 Å². The molecule has 0 aromatic rings. The normalized spacial score (nSPS) is 37.8. The topological polar surface area (TPSA) is 58.4 Å². The van der Waals surface area contributed by atoms with Gasteiger partial charge in [-0.25, -0.2) is 0 Å². The molecule has 3 aliphatic rings. The Morgan fingerprint density at radius 3 is 2.76 bits per heavy atom. The molecule has 4 nitrogen and oxygen atoms in total. The lowest BCUT2D eigenvalue weighted by atomic mass is 9.93. The van der Waals surface area contributed by atoms with Crippen LogP contribution in [0.5, 0.6) is 0 Å². The third kappa shape index (κ3) is 3.26. The van der Waals surface area contributed by atoms with Crippen LogP contribution < -0.4 is 11.1 Å². The fourth-order valence-corrected chi connectivity index (χ4v) is 4.49. The first-order chi connectivity index (χ1) is 10.1. The summed E-state index contributed by atoms with van der Waals surface area (Å²) < 4.78 is 0. The lowest BCUT2D eigenvalue weighted by molar-refractivity contribution is -0.124. The van der Waals surface area contributed by atoms with E-state index in [1.165, 1.54) is 51.5 Å². The Morgan fingerprint density at radius 1 is 1.29 bits per heavy atom. The molecule has 1 saturated heterocycles. The molecule has 0 radical (unpaired) electrons. The number of nitrogens with one attached hydrogen (secondary N) is 1. The molecule has 3 N–H and O–H groups in total. The summed E-state index contributed by atoms with van der Waals surface area (Å²) in [6.45, 7) is 3.50. The molecule has 0 aromatic carbocycles. The monoisotopic (exact) mass is 293 g/mol. The molecule has 1 aliphatic heterocycles. The lowest BCUT2D eigenvalue weighted by Crippen LogP contribution is -2.56. The van der Waals surface area contributed by atoms with Gasteiger partial charge in [-0.3, -0.25) is 9.69 Å². The van der Waals surface area contributed by atoms with Crippen LogP contribution in [0.1, 0.15) is 71.1 Å². The SMILES string of the molecule is CCCC1CCCCN1C1CCC(NC2CC2)(C(N)=O)C1. The number of hydrogen-bond donors (Lipinski definition) is 2. The van der Waals surface area contributed by atoms with Crippen molar-refractivity contribution in [2.75, 3.05) is 6.54 Å². The van der Waals surface area contributed by atoms with Gasteiger partial charge in [0, 0.05) is 18.1 Å². The van der Waals surface area contributed by atoms with Crippen molar-refractivity contribution in [2.45, 2.75) is 94.8 Å². The van der Waals surface area contributed by atoms with Crippen LogP contribution in [0.4, 0.5) is 0 Å². The van der Waals surface area contributed by atoms with E-state index >= 15 is 0 Å². The molecule has 3 atom stereocenters. The molecule has 0 bridgehead atoms. The molecule has 0 aromatic heterocycles. The van der Waals surface area contributed by atoms with Gasteiger partial charge < -0.3 is 11.1 Å². The van der Waals surface area contributed by atoms with Gasteiger partial charge in [0.1, 0.15) is 0 Å². The molecule has 4 heteroatoms. The summed E-state index contributed by atoms with van der Waals surface area (Å²) in [5, 5.41) is 3.58. The van der Waals surface area contributed by atoms with Crippen LogP contribution in [0, 0.1) is 0 Å². The van der Waals surface area contributed by atoms with Crippen LogP contribution >= 0.6 is 0 Å². The average molecular weight is 293 g/mol. The smallest absolute Gasteiger partial charge is 0.237 e. The van der Waals surface area contributed by atoms with E-state index in [2.05, 4.69) is 17.1 Å². The van der Waals surface area contributed by atoms with Crippen molar-refractivity contribution >= 4 is 5.91 Å². The van der Waals surface area contributed by atoms with Crippen LogP contribution in [-0.4, -0.2) is 41.0 Å². The minimum Gasteiger partial charge on any atom is -0.368 e. The Labute approximate surface area is 128 Å². The van der Waals surface area contributed by atoms with Gasteiger partial charge >= 0.3 is 0 Å². The minimum atomic E-state index is -0.417. The van der Waals surface area contributed by atoms with Gasteiger partial charge in [0.2, 0.25) is 5.91 Å². The van der Waals surface area contributed by atoms with Crippen molar-refractivity contribution < 1.29 is 4.79 Å². The number of likely N-dealkylation sites (tertiary alicyclic amines) is 1.